The van der Waals surface area contributed by atoms with Crippen LogP contribution in [0, 0.1) is 12.3 Å². The summed E-state index contributed by atoms with van der Waals surface area (Å²) in [7, 11) is 0. The van der Waals surface area contributed by atoms with E-state index in [-0.39, 0.29) is 45.9 Å². The van der Waals surface area contributed by atoms with Gasteiger partial charge in [-0.25, -0.2) is 9.78 Å². The molecule has 0 radical (unpaired) electrons. The van der Waals surface area contributed by atoms with Gasteiger partial charge >= 0.3 is 5.97 Å². The maximum atomic E-state index is 12.2. The van der Waals surface area contributed by atoms with E-state index in [0.717, 1.165) is 24.1 Å². The average molecular weight is 405 g/mol. The van der Waals surface area contributed by atoms with E-state index in [9.17, 15) is 14.7 Å². The van der Waals surface area contributed by atoms with Gasteiger partial charge < -0.3 is 14.4 Å². The number of pyridine rings is 2. The fourth-order valence-electron chi connectivity index (χ4n) is 4.30. The van der Waals surface area contributed by atoms with Gasteiger partial charge in [0.2, 0.25) is 0 Å². The van der Waals surface area contributed by atoms with Crippen LogP contribution >= 0.6 is 11.6 Å². The van der Waals surface area contributed by atoms with Crippen LogP contribution in [-0.4, -0.2) is 27.2 Å². The summed E-state index contributed by atoms with van der Waals surface area (Å²) in [5.74, 6) is -0.600. The molecular formula is C21H25ClN2O4. The lowest BCUT2D eigenvalue weighted by molar-refractivity contribution is 0.0523. The van der Waals surface area contributed by atoms with Crippen molar-refractivity contribution < 1.29 is 14.6 Å². The minimum Gasteiger partial charge on any atom is -0.505 e. The molecule has 1 N–H and O–H groups in total. The smallest absolute Gasteiger partial charge is 0.343 e. The summed E-state index contributed by atoms with van der Waals surface area (Å²) < 4.78 is 6.95. The molecule has 2 aromatic rings. The molecule has 1 aliphatic rings. The average Bonchev–Trinajstić information content (AvgIpc) is 2.94. The van der Waals surface area contributed by atoms with Gasteiger partial charge in [0.25, 0.3) is 0 Å². The Labute approximate surface area is 169 Å². The van der Waals surface area contributed by atoms with E-state index in [1.807, 2.05) is 11.5 Å². The Kier molecular flexibility index (Phi) is 5.53. The molecule has 2 aromatic heterocycles. The molecular weight excluding hydrogens is 380 g/mol. The number of aryl methyl sites for hydroxylation is 1. The number of carbonyl (C=O) groups is 1. The van der Waals surface area contributed by atoms with Gasteiger partial charge in [0.05, 0.1) is 6.61 Å². The molecule has 3 rings (SSSR count). The first-order valence-corrected chi connectivity index (χ1v) is 9.78. The zero-order valence-corrected chi connectivity index (χ0v) is 17.3. The molecule has 150 valence electrons. The Balaban J connectivity index is 2.10. The minimum atomic E-state index is -0.615. The molecule has 28 heavy (non-hydrogen) atoms. The summed E-state index contributed by atoms with van der Waals surface area (Å²) in [6, 6.07) is 3.06. The van der Waals surface area contributed by atoms with E-state index < -0.39 is 5.97 Å². The molecule has 0 bridgehead atoms. The summed E-state index contributed by atoms with van der Waals surface area (Å²) >= 11 is 5.95. The van der Waals surface area contributed by atoms with Crippen molar-refractivity contribution in [3.63, 3.8) is 0 Å². The second kappa shape index (κ2) is 7.59. The molecule has 0 saturated heterocycles. The lowest BCUT2D eigenvalue weighted by Gasteiger charge is -2.34. The quantitative estimate of drug-likeness (QED) is 0.609. The van der Waals surface area contributed by atoms with E-state index in [4.69, 9.17) is 16.3 Å². The first kappa shape index (κ1) is 20.4. The predicted molar refractivity (Wildman–Crippen MR) is 107 cm³/mol. The number of aromatic nitrogens is 2. The number of nitrogens with zero attached hydrogens (tertiary/aromatic N) is 2. The SMILES string of the molecule is CCOC(=O)c1cn(C2C(c3cc(O)c(Cl)nc3C)CCC2(C)C)ccc1=O. The standard InChI is InChI=1S/C21H25ClN2O4/c1-5-28-20(27)15-11-24(9-7-16(15)25)18-13(6-8-21(18,3)4)14-10-17(26)19(22)23-12(14)2/h7,9-11,13,18,26H,5-6,8H2,1-4H3. The Morgan fingerprint density at radius 2 is 2.18 bits per heavy atom. The number of rotatable bonds is 4. The van der Waals surface area contributed by atoms with Gasteiger partial charge in [0, 0.05) is 36.1 Å². The van der Waals surface area contributed by atoms with Crippen molar-refractivity contribution >= 4 is 17.6 Å². The van der Waals surface area contributed by atoms with Crippen molar-refractivity contribution in [3.05, 3.63) is 56.7 Å². The summed E-state index contributed by atoms with van der Waals surface area (Å²) in [4.78, 5) is 28.6. The fraction of sp³-hybridized carbons (Fsp3) is 0.476. The molecule has 1 saturated carbocycles. The highest BCUT2D eigenvalue weighted by Crippen LogP contribution is 2.54. The summed E-state index contributed by atoms with van der Waals surface area (Å²) in [5, 5.41) is 10.2. The third kappa shape index (κ3) is 3.65. The summed E-state index contributed by atoms with van der Waals surface area (Å²) in [5.41, 5.74) is 1.27. The van der Waals surface area contributed by atoms with E-state index >= 15 is 0 Å². The molecule has 0 spiro atoms. The van der Waals surface area contributed by atoms with E-state index in [1.54, 1.807) is 25.4 Å². The van der Waals surface area contributed by atoms with Crippen molar-refractivity contribution in [2.24, 2.45) is 5.41 Å². The molecule has 6 nitrogen and oxygen atoms in total. The maximum Gasteiger partial charge on any atom is 0.343 e. The maximum absolute atomic E-state index is 12.2. The normalized spacial score (nSPS) is 20.9. The van der Waals surface area contributed by atoms with Crippen molar-refractivity contribution in [2.75, 3.05) is 6.61 Å². The summed E-state index contributed by atoms with van der Waals surface area (Å²) in [6.45, 7) is 8.12. The van der Waals surface area contributed by atoms with E-state index in [0.29, 0.717) is 0 Å². The third-order valence-electron chi connectivity index (χ3n) is 5.63. The number of hydrogen-bond acceptors (Lipinski definition) is 5. The van der Waals surface area contributed by atoms with Gasteiger partial charge in [-0.2, -0.15) is 0 Å². The van der Waals surface area contributed by atoms with Crippen LogP contribution < -0.4 is 5.43 Å². The Bertz CT molecular complexity index is 967. The number of hydrogen-bond donors (Lipinski definition) is 1. The van der Waals surface area contributed by atoms with Crippen LogP contribution in [-0.2, 0) is 4.74 Å². The van der Waals surface area contributed by atoms with E-state index in [2.05, 4.69) is 18.8 Å². The van der Waals surface area contributed by atoms with Crippen molar-refractivity contribution in [3.8, 4) is 5.75 Å². The molecule has 0 amide bonds. The highest BCUT2D eigenvalue weighted by atomic mass is 35.5. The fourth-order valence-corrected chi connectivity index (χ4v) is 4.49. The third-order valence-corrected chi connectivity index (χ3v) is 5.90. The molecule has 2 unspecified atom stereocenters. The minimum absolute atomic E-state index is 0.0256. The zero-order chi connectivity index (χ0) is 20.6. The van der Waals surface area contributed by atoms with Crippen molar-refractivity contribution in [1.29, 1.82) is 0 Å². The molecule has 0 aromatic carbocycles. The van der Waals surface area contributed by atoms with Crippen LogP contribution in [0.1, 0.15) is 67.2 Å². The number of ether oxygens (including phenoxy) is 1. The van der Waals surface area contributed by atoms with Crippen LogP contribution in [0.15, 0.2) is 29.3 Å². The highest BCUT2D eigenvalue weighted by molar-refractivity contribution is 6.30. The Morgan fingerprint density at radius 1 is 1.46 bits per heavy atom. The van der Waals surface area contributed by atoms with Crippen molar-refractivity contribution in [2.45, 2.75) is 52.5 Å². The van der Waals surface area contributed by atoms with Crippen LogP contribution in [0.2, 0.25) is 5.15 Å². The number of aromatic hydroxyl groups is 1. The molecule has 2 atom stereocenters. The van der Waals surface area contributed by atoms with Crippen LogP contribution in [0.3, 0.4) is 0 Å². The number of carbonyl (C=O) groups excluding carboxylic acids is 1. The van der Waals surface area contributed by atoms with Crippen LogP contribution in [0.5, 0.6) is 5.75 Å². The van der Waals surface area contributed by atoms with Gasteiger partial charge in [0.15, 0.2) is 16.3 Å². The zero-order valence-electron chi connectivity index (χ0n) is 16.5. The Hall–Kier alpha value is -2.34. The second-order valence-corrected chi connectivity index (χ2v) is 8.30. The second-order valence-electron chi connectivity index (χ2n) is 7.94. The first-order valence-electron chi connectivity index (χ1n) is 9.40. The largest absolute Gasteiger partial charge is 0.505 e. The van der Waals surface area contributed by atoms with Crippen molar-refractivity contribution in [1.82, 2.24) is 9.55 Å². The number of halogens is 1. The molecule has 1 aliphatic carbocycles. The first-order chi connectivity index (χ1) is 13.2. The molecule has 0 aliphatic heterocycles. The lowest BCUT2D eigenvalue weighted by atomic mass is 9.82. The Morgan fingerprint density at radius 3 is 2.86 bits per heavy atom. The number of esters is 1. The van der Waals surface area contributed by atoms with Gasteiger partial charge in [-0.15, -0.1) is 0 Å². The molecule has 1 fully saturated rings. The highest BCUT2D eigenvalue weighted by Gasteiger charge is 2.44. The van der Waals surface area contributed by atoms with E-state index in [1.165, 1.54) is 6.07 Å². The van der Waals surface area contributed by atoms with Gasteiger partial charge in [-0.3, -0.25) is 4.79 Å². The molecule has 2 heterocycles. The van der Waals surface area contributed by atoms with Gasteiger partial charge in [-0.05, 0) is 43.7 Å². The van der Waals surface area contributed by atoms with Crippen LogP contribution in [0.25, 0.3) is 0 Å². The van der Waals surface area contributed by atoms with Gasteiger partial charge in [0.1, 0.15) is 5.56 Å². The van der Waals surface area contributed by atoms with Crippen LogP contribution in [0.4, 0.5) is 0 Å². The molecule has 7 heteroatoms. The van der Waals surface area contributed by atoms with Gasteiger partial charge in [-0.1, -0.05) is 25.4 Å². The predicted octanol–water partition coefficient (Wildman–Crippen LogP) is 4.23. The lowest BCUT2D eigenvalue weighted by Crippen LogP contribution is -2.28. The topological polar surface area (TPSA) is 81.4 Å². The monoisotopic (exact) mass is 404 g/mol. The summed E-state index contributed by atoms with van der Waals surface area (Å²) in [6.07, 6.45) is 5.14.